The van der Waals surface area contributed by atoms with Crippen LogP contribution in [0.4, 0.5) is 0 Å². The number of nitrogens with zero attached hydrogens (tertiary/aromatic N) is 1. The summed E-state index contributed by atoms with van der Waals surface area (Å²) in [5.41, 5.74) is 0.454. The number of nitrogens with one attached hydrogen (secondary N) is 1. The van der Waals surface area contributed by atoms with Crippen LogP contribution in [0.5, 0.6) is 0 Å². The molecule has 0 aromatic rings. The maximum Gasteiger partial charge on any atom is 0.469 e. The maximum atomic E-state index is 11.4. The van der Waals surface area contributed by atoms with Gasteiger partial charge in [-0.2, -0.15) is 0 Å². The van der Waals surface area contributed by atoms with E-state index in [1.807, 2.05) is 0 Å². The van der Waals surface area contributed by atoms with Crippen LogP contribution in [0, 0.1) is 0 Å². The lowest BCUT2D eigenvalue weighted by Gasteiger charge is -2.32. The Morgan fingerprint density at radius 2 is 2.29 bits per heavy atom. The number of carbonyl (C=O) groups is 1. The number of rotatable bonds is 4. The second-order valence-electron chi connectivity index (χ2n) is 4.84. The Morgan fingerprint density at radius 1 is 1.62 bits per heavy atom. The number of amides is 1. The molecule has 2 aliphatic heterocycles. The van der Waals surface area contributed by atoms with Crippen molar-refractivity contribution >= 4 is 13.7 Å². The molecule has 9 nitrogen and oxygen atoms in total. The van der Waals surface area contributed by atoms with E-state index in [9.17, 15) is 14.5 Å². The predicted octanol–water partition coefficient (Wildman–Crippen LogP) is -0.622. The summed E-state index contributed by atoms with van der Waals surface area (Å²) in [5, 5.41) is 12.4. The molecule has 2 aliphatic rings. The fourth-order valence-corrected chi connectivity index (χ4v) is 2.44. The van der Waals surface area contributed by atoms with Gasteiger partial charge < -0.3 is 29.8 Å². The summed E-state index contributed by atoms with van der Waals surface area (Å²) in [4.78, 5) is 30.3. The van der Waals surface area contributed by atoms with E-state index in [0.29, 0.717) is 11.4 Å². The zero-order valence-electron chi connectivity index (χ0n) is 11.3. The number of ether oxygens (including phenoxy) is 1. The Labute approximate surface area is 121 Å². The lowest BCUT2D eigenvalue weighted by atomic mass is 10.1. The first kappa shape index (κ1) is 16.2. The van der Waals surface area contributed by atoms with Gasteiger partial charge in [-0.15, -0.1) is 0 Å². The van der Waals surface area contributed by atoms with E-state index >= 15 is 0 Å². The first-order chi connectivity index (χ1) is 9.67. The van der Waals surface area contributed by atoms with Crippen molar-refractivity contribution in [2.75, 3.05) is 6.61 Å². The molecule has 4 N–H and O–H groups in total. The highest BCUT2D eigenvalue weighted by Gasteiger charge is 2.39. The summed E-state index contributed by atoms with van der Waals surface area (Å²) in [6.45, 7) is 4.88. The lowest BCUT2D eigenvalue weighted by molar-refractivity contribution is -0.118. The van der Waals surface area contributed by atoms with Gasteiger partial charge in [-0.25, -0.2) is 4.57 Å². The molecule has 1 fully saturated rings. The number of aliphatic hydroxyl groups is 1. The van der Waals surface area contributed by atoms with Crippen LogP contribution in [0.1, 0.15) is 13.3 Å². The Kier molecular flexibility index (Phi) is 4.52. The van der Waals surface area contributed by atoms with E-state index in [1.54, 1.807) is 18.0 Å². The Balaban J connectivity index is 2.02. The van der Waals surface area contributed by atoms with Crippen molar-refractivity contribution < 1.29 is 33.5 Å². The maximum absolute atomic E-state index is 11.4. The largest absolute Gasteiger partial charge is 0.469 e. The third-order valence-electron chi connectivity index (χ3n) is 3.18. The SMILES string of the molecule is C=C1NC(=O)C(C)=CN1C1CC(O)C(COP(=O)(O)O)O1. The van der Waals surface area contributed by atoms with Gasteiger partial charge in [0.15, 0.2) is 0 Å². The molecule has 2 rings (SSSR count). The molecular formula is C11H17N2O7P. The fourth-order valence-electron chi connectivity index (χ4n) is 2.10. The van der Waals surface area contributed by atoms with Gasteiger partial charge in [0.25, 0.3) is 5.91 Å². The van der Waals surface area contributed by atoms with Crippen molar-refractivity contribution in [2.24, 2.45) is 0 Å². The fraction of sp³-hybridized carbons (Fsp3) is 0.545. The topological polar surface area (TPSA) is 129 Å². The van der Waals surface area contributed by atoms with Crippen molar-refractivity contribution in [3.8, 4) is 0 Å². The summed E-state index contributed by atoms with van der Waals surface area (Å²) >= 11 is 0. The first-order valence-electron chi connectivity index (χ1n) is 6.18. The lowest BCUT2D eigenvalue weighted by Crippen LogP contribution is -2.42. The number of phosphoric acid groups is 1. The molecule has 0 radical (unpaired) electrons. The highest BCUT2D eigenvalue weighted by Crippen LogP contribution is 2.37. The molecule has 1 saturated heterocycles. The van der Waals surface area contributed by atoms with Crippen molar-refractivity contribution in [3.05, 3.63) is 24.2 Å². The minimum atomic E-state index is -4.62. The predicted molar refractivity (Wildman–Crippen MR) is 70.2 cm³/mol. The van der Waals surface area contributed by atoms with Gasteiger partial charge in [0.2, 0.25) is 0 Å². The first-order valence-corrected chi connectivity index (χ1v) is 7.71. The van der Waals surface area contributed by atoms with Crippen LogP contribution in [0.2, 0.25) is 0 Å². The van der Waals surface area contributed by atoms with Gasteiger partial charge in [0.1, 0.15) is 18.2 Å². The van der Waals surface area contributed by atoms with Crippen molar-refractivity contribution in [1.29, 1.82) is 0 Å². The van der Waals surface area contributed by atoms with Crippen molar-refractivity contribution in [3.63, 3.8) is 0 Å². The molecule has 0 aromatic carbocycles. The smallest absolute Gasteiger partial charge is 0.390 e. The average Bonchev–Trinajstić information content (AvgIpc) is 2.72. The van der Waals surface area contributed by atoms with E-state index in [0.717, 1.165) is 0 Å². The van der Waals surface area contributed by atoms with Gasteiger partial charge in [-0.05, 0) is 6.92 Å². The number of phosphoric ester groups is 1. The number of hydrogen-bond acceptors (Lipinski definition) is 6. The zero-order valence-corrected chi connectivity index (χ0v) is 12.2. The normalized spacial score (nSPS) is 30.4. The van der Waals surface area contributed by atoms with Crippen LogP contribution in [-0.4, -0.2) is 50.7 Å². The molecule has 0 aromatic heterocycles. The average molecular weight is 320 g/mol. The molecule has 2 heterocycles. The second-order valence-corrected chi connectivity index (χ2v) is 6.08. The standard InChI is InChI=1S/C11H17N2O7P/c1-6-4-13(7(2)12-11(6)15)10-3-8(14)9(20-10)5-19-21(16,17)18/h4,8-10,14H,2-3,5H2,1H3,(H,12,15)(H2,16,17,18). The summed E-state index contributed by atoms with van der Waals surface area (Å²) in [6, 6.07) is 0. The highest BCUT2D eigenvalue weighted by atomic mass is 31.2. The molecule has 3 atom stereocenters. The monoisotopic (exact) mass is 320 g/mol. The van der Waals surface area contributed by atoms with Crippen LogP contribution < -0.4 is 5.32 Å². The molecule has 10 heteroatoms. The third kappa shape index (κ3) is 3.91. The molecule has 118 valence electrons. The second kappa shape index (κ2) is 5.88. The minimum absolute atomic E-state index is 0.188. The summed E-state index contributed by atoms with van der Waals surface area (Å²) in [5.74, 6) is 0.0375. The van der Waals surface area contributed by atoms with E-state index in [1.165, 1.54) is 0 Å². The van der Waals surface area contributed by atoms with Crippen LogP contribution in [0.15, 0.2) is 24.2 Å². The zero-order chi connectivity index (χ0) is 15.8. The summed E-state index contributed by atoms with van der Waals surface area (Å²) < 4.78 is 20.5. The van der Waals surface area contributed by atoms with Crippen LogP contribution in [0.3, 0.4) is 0 Å². The molecule has 0 aliphatic carbocycles. The van der Waals surface area contributed by atoms with E-state index in [-0.39, 0.29) is 12.3 Å². The van der Waals surface area contributed by atoms with Gasteiger partial charge in [0.05, 0.1) is 12.7 Å². The van der Waals surface area contributed by atoms with Gasteiger partial charge in [-0.1, -0.05) is 6.58 Å². The third-order valence-corrected chi connectivity index (χ3v) is 3.67. The Bertz CT molecular complexity index is 529. The molecular weight excluding hydrogens is 303 g/mol. The summed E-state index contributed by atoms with van der Waals surface area (Å²) in [6.07, 6.45) is -0.686. The van der Waals surface area contributed by atoms with Crippen LogP contribution in [-0.2, 0) is 18.6 Å². The minimum Gasteiger partial charge on any atom is -0.390 e. The molecule has 0 spiro atoms. The number of carbonyl (C=O) groups excluding carboxylic acids is 1. The Hall–Kier alpha value is -1.22. The number of hydrogen-bond donors (Lipinski definition) is 4. The Morgan fingerprint density at radius 3 is 2.90 bits per heavy atom. The number of aliphatic hydroxyl groups excluding tert-OH is 1. The van der Waals surface area contributed by atoms with Crippen LogP contribution in [0.25, 0.3) is 0 Å². The molecule has 0 bridgehead atoms. The molecule has 0 saturated carbocycles. The van der Waals surface area contributed by atoms with E-state index < -0.39 is 32.9 Å². The van der Waals surface area contributed by atoms with Gasteiger partial charge in [-0.3, -0.25) is 9.32 Å². The van der Waals surface area contributed by atoms with Crippen LogP contribution >= 0.6 is 7.82 Å². The summed E-state index contributed by atoms with van der Waals surface area (Å²) in [7, 11) is -4.62. The molecule has 1 amide bonds. The van der Waals surface area contributed by atoms with E-state index in [4.69, 9.17) is 14.5 Å². The van der Waals surface area contributed by atoms with Gasteiger partial charge in [0, 0.05) is 18.2 Å². The highest BCUT2D eigenvalue weighted by molar-refractivity contribution is 7.46. The van der Waals surface area contributed by atoms with E-state index in [2.05, 4.69) is 16.4 Å². The van der Waals surface area contributed by atoms with Crippen molar-refractivity contribution in [2.45, 2.75) is 31.8 Å². The van der Waals surface area contributed by atoms with Gasteiger partial charge >= 0.3 is 7.82 Å². The quantitative estimate of drug-likeness (QED) is 0.504. The van der Waals surface area contributed by atoms with Crippen molar-refractivity contribution in [1.82, 2.24) is 10.2 Å². The molecule has 21 heavy (non-hydrogen) atoms. The molecule has 3 unspecified atom stereocenters.